The van der Waals surface area contributed by atoms with Crippen LogP contribution in [0.25, 0.3) is 0 Å². The number of carboxylic acid groups (broad SMARTS) is 2. The van der Waals surface area contributed by atoms with Gasteiger partial charge in [0.05, 0.1) is 38.2 Å². The fourth-order valence-electron chi connectivity index (χ4n) is 12.5. The molecule has 712 valence electrons. The lowest BCUT2D eigenvalue weighted by Gasteiger charge is -2.31. The number of carbonyl (C=O) groups is 19. The van der Waals surface area contributed by atoms with Crippen molar-refractivity contribution in [2.45, 2.75) is 247 Å². The molecule has 54 nitrogen and oxygen atoms in total. The second-order valence-electron chi connectivity index (χ2n) is 30.2. The first-order valence-corrected chi connectivity index (χ1v) is 40.9. The number of unbranched alkanes of at least 4 members (excludes halogenated alkanes) is 1. The molecule has 54 heteroatoms. The molecule has 0 aromatic carbocycles. The lowest BCUT2D eigenvalue weighted by atomic mass is 10.0. The molecular formula is C73H126N30O24. The maximum Gasteiger partial charge on any atom is 0.328 e. The van der Waals surface area contributed by atoms with Gasteiger partial charge in [-0.15, -0.1) is 0 Å². The van der Waals surface area contributed by atoms with Crippen molar-refractivity contribution in [3.8, 4) is 0 Å². The summed E-state index contributed by atoms with van der Waals surface area (Å²) in [4.78, 5) is 265. The summed E-state index contributed by atoms with van der Waals surface area (Å²) < 4.78 is 0. The van der Waals surface area contributed by atoms with Crippen LogP contribution in [0.15, 0.2) is 12.5 Å². The third-order valence-corrected chi connectivity index (χ3v) is 19.3. The largest absolute Gasteiger partial charge is 0.481 e. The van der Waals surface area contributed by atoms with E-state index in [2.05, 4.69) is 100 Å². The molecule has 2 rings (SSSR count). The van der Waals surface area contributed by atoms with Gasteiger partial charge in [0, 0.05) is 63.8 Å². The number of aromatic nitrogens is 2. The van der Waals surface area contributed by atoms with Gasteiger partial charge in [-0.3, -0.25) is 103 Å². The first kappa shape index (κ1) is 110. The maximum atomic E-state index is 14.7. The number of imidazole rings is 1. The van der Waals surface area contributed by atoms with E-state index < -0.39 is 285 Å². The van der Waals surface area contributed by atoms with Crippen molar-refractivity contribution < 1.29 is 117 Å². The average Bonchev–Trinajstić information content (AvgIpc) is 1.71. The lowest BCUT2D eigenvalue weighted by Crippen LogP contribution is -2.61. The highest BCUT2D eigenvalue weighted by Crippen LogP contribution is 2.21. The normalized spacial score (nSPS) is 15.7. The second kappa shape index (κ2) is 57.3. The van der Waals surface area contributed by atoms with Crippen molar-refractivity contribution in [1.29, 1.82) is 16.2 Å². The first-order chi connectivity index (χ1) is 59.7. The Hall–Kier alpha value is -13.2. The monoisotopic (exact) mass is 1810 g/mol. The molecule has 1 aliphatic rings. The minimum atomic E-state index is -1.96. The van der Waals surface area contributed by atoms with Crippen LogP contribution in [0.1, 0.15) is 149 Å². The van der Waals surface area contributed by atoms with Gasteiger partial charge in [0.1, 0.15) is 78.5 Å². The Morgan fingerprint density at radius 1 is 0.457 bits per heavy atom. The summed E-state index contributed by atoms with van der Waals surface area (Å²) in [7, 11) is 0. The molecule has 0 bridgehead atoms. The van der Waals surface area contributed by atoms with Crippen molar-refractivity contribution in [2.24, 2.45) is 46.1 Å². The molecule has 1 saturated heterocycles. The van der Waals surface area contributed by atoms with Crippen LogP contribution in [0.4, 0.5) is 0 Å². The number of guanidine groups is 3. The number of aromatic amines is 1. The average molecular weight is 1810 g/mol. The van der Waals surface area contributed by atoms with Gasteiger partial charge in [0.2, 0.25) is 100 Å². The van der Waals surface area contributed by atoms with E-state index in [1.54, 1.807) is 0 Å². The molecule has 127 heavy (non-hydrogen) atoms. The van der Waals surface area contributed by atoms with Crippen molar-refractivity contribution >= 4 is 130 Å². The minimum absolute atomic E-state index is 0.00786. The molecule has 0 unspecified atom stereocenters. The summed E-state index contributed by atoms with van der Waals surface area (Å²) in [5, 5.41) is 114. The number of aliphatic carboxylic acids is 2. The summed E-state index contributed by atoms with van der Waals surface area (Å²) in [6.07, 6.45) is -4.68. The number of aliphatic hydroxyl groups is 3. The smallest absolute Gasteiger partial charge is 0.328 e. The van der Waals surface area contributed by atoms with Crippen LogP contribution in [0, 0.1) is 22.1 Å². The molecule has 17 amide bonds. The predicted molar refractivity (Wildman–Crippen MR) is 447 cm³/mol. The zero-order valence-corrected chi connectivity index (χ0v) is 71.3. The highest BCUT2D eigenvalue weighted by molar-refractivity contribution is 6.01. The highest BCUT2D eigenvalue weighted by atomic mass is 16.4. The summed E-state index contributed by atoms with van der Waals surface area (Å²) in [6, 6.07) is -23.0. The zero-order chi connectivity index (χ0) is 95.9. The number of H-pyrrole nitrogens is 1. The molecule has 0 saturated carbocycles. The first-order valence-electron chi connectivity index (χ1n) is 40.9. The van der Waals surface area contributed by atoms with Crippen LogP contribution in [0.2, 0.25) is 0 Å². The molecule has 1 fully saturated rings. The van der Waals surface area contributed by atoms with Gasteiger partial charge in [0.25, 0.3) is 0 Å². The SMILES string of the molecule is CC(C)[C@H](NC(=O)[C@H](CCC(N)=O)NC(=O)[C@@H]1CCCN1C(=O)[C@H](Cc1cnc[nH]1)NC(=O)[C@H](CCC(=O)O)NC(=O)CNC(=O)[C@H](CCCCN)NC(=O)[C@@H](NC(=O)[C@H](C)NC(=O)[C@H](CCC(N)=O)NC(=O)[C@H](CO)NC(=O)[C@H](CCCNC(=N)N)NC(=O)[C@H](CCCNC(=N)N)NC(=O)[C@H](CCCNC(=N)N)NC(=O)CN)[C@@H](C)O)C(=O)N[C@H](C(=O)O)[C@@H](C)O. The Labute approximate surface area is 729 Å². The number of carboxylic acids is 2. The van der Waals surface area contributed by atoms with Crippen LogP contribution in [0.5, 0.6) is 0 Å². The van der Waals surface area contributed by atoms with E-state index in [1.807, 2.05) is 0 Å². The standard InChI is InChI=1S/C73H126N30O24/c1-34(2)54(67(123)102-56(37(5)106)70(126)127)100-64(120)45(18-21-50(77)108)96-66(122)48-16-11-27-103(48)69(125)46(28-38-30-84-33-89-38)98-63(119)43(19-22-53(111)112)92-52(110)31-88-58(114)39(12-6-7-23-74)97-68(124)55(36(4)105)101-57(113)35(3)90-59(115)44(17-20-49(76)107)95-65(121)47(32-104)99-62(118)42(15-10-26-87-73(82)83)94-61(117)41(14-9-25-86-72(80)81)93-60(116)40(91-51(109)29-75)13-8-24-85-71(78)79/h30,33-37,39-48,54-56,104-106H,6-29,31-32,74-75H2,1-5H3,(H2,76,107)(H2,77,108)(H,84,89)(H,88,114)(H,90,115)(H,91,109)(H,92,110)(H,93,116)(H,94,117)(H,95,121)(H,96,122)(H,97,124)(H,98,119)(H,99,118)(H,100,120)(H,101,113)(H,102,123)(H,111,112)(H,126,127)(H4,78,79,85)(H4,80,81,86)(H4,82,83,87)/t35-,36+,37+,39-,40-,41-,42-,43-,44-,45-,46-,47-,48-,54-,55-,56-/m0/s1. The van der Waals surface area contributed by atoms with Crippen LogP contribution >= 0.6 is 0 Å². The van der Waals surface area contributed by atoms with Crippen molar-refractivity contribution in [1.82, 2.24) is 105 Å². The highest BCUT2D eigenvalue weighted by Gasteiger charge is 2.43. The van der Waals surface area contributed by atoms with E-state index in [1.165, 1.54) is 26.4 Å². The second-order valence-corrected chi connectivity index (χ2v) is 30.2. The lowest BCUT2D eigenvalue weighted by molar-refractivity contribution is -0.145. The molecule has 1 aliphatic heterocycles. The van der Waals surface area contributed by atoms with Crippen LogP contribution in [-0.2, 0) is 97.5 Å². The van der Waals surface area contributed by atoms with Gasteiger partial charge in [-0.1, -0.05) is 13.8 Å². The Morgan fingerprint density at radius 3 is 1.31 bits per heavy atom. The van der Waals surface area contributed by atoms with Gasteiger partial charge in [0.15, 0.2) is 23.9 Å². The van der Waals surface area contributed by atoms with Crippen molar-refractivity contribution in [3.63, 3.8) is 0 Å². The minimum Gasteiger partial charge on any atom is -0.481 e. The summed E-state index contributed by atoms with van der Waals surface area (Å²) in [5.74, 6) is -22.9. The molecule has 0 aliphatic carbocycles. The van der Waals surface area contributed by atoms with E-state index in [0.29, 0.717) is 0 Å². The quantitative estimate of drug-likeness (QED) is 0.0164. The van der Waals surface area contributed by atoms with Crippen molar-refractivity contribution in [3.05, 3.63) is 18.2 Å². The van der Waals surface area contributed by atoms with Gasteiger partial charge >= 0.3 is 11.9 Å². The number of hydrogen-bond acceptors (Lipinski definition) is 28. The fourth-order valence-corrected chi connectivity index (χ4v) is 12.5. The molecule has 1 aromatic rings. The van der Waals surface area contributed by atoms with Crippen molar-refractivity contribution in [2.75, 3.05) is 52.4 Å². The molecular weight excluding hydrogens is 1680 g/mol. The fraction of sp³-hybridized carbons (Fsp3) is 0.658. The predicted octanol–water partition coefficient (Wildman–Crippen LogP) is -13.9. The molecule has 1 aromatic heterocycles. The number of likely N-dealkylation sites (tertiary alicyclic amines) is 1. The van der Waals surface area contributed by atoms with E-state index in [0.717, 1.165) is 25.7 Å². The number of nitrogens with zero attached hydrogens (tertiary/aromatic N) is 2. The van der Waals surface area contributed by atoms with Gasteiger partial charge in [-0.25, -0.2) is 9.78 Å². The van der Waals surface area contributed by atoms with Gasteiger partial charge in [-0.05, 0) is 123 Å². The number of nitrogens with one attached hydrogen (secondary N) is 21. The van der Waals surface area contributed by atoms with Crippen LogP contribution in [-0.4, -0.2) is 320 Å². The number of primary amides is 2. The van der Waals surface area contributed by atoms with E-state index in [9.17, 15) is 117 Å². The number of amides is 17. The van der Waals surface area contributed by atoms with Crippen LogP contribution < -0.4 is 131 Å². The van der Waals surface area contributed by atoms with Gasteiger partial charge in [-0.2, -0.15) is 0 Å². The Morgan fingerprint density at radius 2 is 0.858 bits per heavy atom. The van der Waals surface area contributed by atoms with Crippen LogP contribution in [0.3, 0.4) is 0 Å². The molecule has 16 atom stereocenters. The third kappa shape index (κ3) is 41.9. The molecule has 2 heterocycles. The third-order valence-electron chi connectivity index (χ3n) is 19.3. The number of carbonyl (C=O) groups excluding carboxylic acids is 17. The topological polar surface area (TPSA) is 916 Å². The van der Waals surface area contributed by atoms with Gasteiger partial charge < -0.3 is 166 Å². The Bertz CT molecular complexity index is 3950. The zero-order valence-electron chi connectivity index (χ0n) is 71.3. The molecule has 0 spiro atoms. The Kier molecular flexibility index (Phi) is 49.6. The summed E-state index contributed by atoms with van der Waals surface area (Å²) in [5.41, 5.74) is 38.5. The van der Waals surface area contributed by atoms with E-state index >= 15 is 0 Å². The molecule has 0 radical (unpaired) electrons. The number of rotatable bonds is 61. The van der Waals surface area contributed by atoms with E-state index in [4.69, 9.17) is 56.4 Å². The number of aliphatic hydroxyl groups excluding tert-OH is 3. The summed E-state index contributed by atoms with van der Waals surface area (Å²) >= 11 is 0. The maximum absolute atomic E-state index is 14.7. The number of hydrogen-bond donors (Lipinski definition) is 33. The number of nitrogens with two attached hydrogens (primary N) is 7. The molecule has 40 N–H and O–H groups in total. The Balaban J connectivity index is 2.40. The van der Waals surface area contributed by atoms with E-state index in [-0.39, 0.29) is 121 Å². The summed E-state index contributed by atoms with van der Waals surface area (Å²) in [6.45, 7) is 3.56.